The number of nitrogens with one attached hydrogen (secondary N) is 2. The Balaban J connectivity index is 1.37. The van der Waals surface area contributed by atoms with Crippen LogP contribution in [0.2, 0.25) is 10.0 Å². The van der Waals surface area contributed by atoms with Crippen LogP contribution in [-0.4, -0.2) is 37.7 Å². The van der Waals surface area contributed by atoms with Gasteiger partial charge in [-0.2, -0.15) is 0 Å². The second kappa shape index (κ2) is 11.2. The molecule has 1 saturated heterocycles. The van der Waals surface area contributed by atoms with E-state index in [1.807, 2.05) is 31.3 Å². The van der Waals surface area contributed by atoms with E-state index in [9.17, 15) is 4.79 Å². The topological polar surface area (TPSA) is 62.8 Å². The smallest absolute Gasteiger partial charge is 0.410 e. The predicted molar refractivity (Wildman–Crippen MR) is 125 cm³/mol. The van der Waals surface area contributed by atoms with E-state index in [1.165, 1.54) is 0 Å². The van der Waals surface area contributed by atoms with Gasteiger partial charge < -0.3 is 25.0 Å². The van der Waals surface area contributed by atoms with E-state index in [4.69, 9.17) is 32.7 Å². The van der Waals surface area contributed by atoms with E-state index in [2.05, 4.69) is 17.2 Å². The molecule has 8 heteroatoms. The predicted octanol–water partition coefficient (Wildman–Crippen LogP) is 5.52. The van der Waals surface area contributed by atoms with E-state index in [-0.39, 0.29) is 12.7 Å². The van der Waals surface area contributed by atoms with Crippen molar-refractivity contribution in [3.8, 4) is 5.75 Å². The van der Waals surface area contributed by atoms with Gasteiger partial charge in [-0.05, 0) is 60.7 Å². The number of ether oxygens (including phenoxy) is 2. The van der Waals surface area contributed by atoms with Crippen LogP contribution in [0.3, 0.4) is 0 Å². The third-order valence-corrected chi connectivity index (χ3v) is 5.90. The molecule has 1 heterocycles. The maximum absolute atomic E-state index is 12.3. The summed E-state index contributed by atoms with van der Waals surface area (Å²) in [5.41, 5.74) is 1.75. The number of anilines is 1. The molecule has 0 bridgehead atoms. The highest BCUT2D eigenvalue weighted by Gasteiger charge is 2.24. The highest BCUT2D eigenvalue weighted by molar-refractivity contribution is 6.42. The Hall–Kier alpha value is -2.57. The van der Waals surface area contributed by atoms with Crippen molar-refractivity contribution in [2.24, 2.45) is 5.92 Å². The third-order valence-electron chi connectivity index (χ3n) is 5.16. The lowest BCUT2D eigenvalue weighted by Gasteiger charge is -2.31. The summed E-state index contributed by atoms with van der Waals surface area (Å²) in [5, 5.41) is 7.02. The van der Waals surface area contributed by atoms with Crippen LogP contribution in [-0.2, 0) is 11.3 Å². The van der Waals surface area contributed by atoms with E-state index in [0.717, 1.165) is 35.7 Å². The van der Waals surface area contributed by atoms with Crippen LogP contribution in [0.1, 0.15) is 18.4 Å². The minimum absolute atomic E-state index is 0.172. The molecule has 1 fully saturated rings. The fourth-order valence-electron chi connectivity index (χ4n) is 3.23. The van der Waals surface area contributed by atoms with Crippen LogP contribution in [0.5, 0.6) is 5.75 Å². The van der Waals surface area contributed by atoms with Gasteiger partial charge in [-0.25, -0.2) is 4.79 Å². The van der Waals surface area contributed by atoms with Crippen molar-refractivity contribution in [1.29, 1.82) is 0 Å². The normalized spacial score (nSPS) is 14.1. The van der Waals surface area contributed by atoms with Gasteiger partial charge in [0, 0.05) is 25.8 Å². The summed E-state index contributed by atoms with van der Waals surface area (Å²) in [5.74, 6) is 1.96. The average molecular weight is 464 g/mol. The lowest BCUT2D eigenvalue weighted by atomic mass is 9.98. The first-order valence-electron chi connectivity index (χ1n) is 10.2. The van der Waals surface area contributed by atoms with Crippen LogP contribution in [0, 0.1) is 5.92 Å². The molecule has 1 aliphatic rings. The Kier molecular flexibility index (Phi) is 8.32. The number of likely N-dealkylation sites (tertiary alicyclic amines) is 1. The first kappa shape index (κ1) is 23.1. The van der Waals surface area contributed by atoms with Gasteiger partial charge in [-0.1, -0.05) is 35.8 Å². The van der Waals surface area contributed by atoms with Crippen LogP contribution in [0.15, 0.2) is 54.9 Å². The Morgan fingerprint density at radius 1 is 1.13 bits per heavy atom. The van der Waals surface area contributed by atoms with Crippen molar-refractivity contribution in [2.75, 3.05) is 32.1 Å². The molecule has 2 aromatic rings. The number of piperidine rings is 1. The Morgan fingerprint density at radius 3 is 2.48 bits per heavy atom. The minimum atomic E-state index is -0.309. The fraction of sp³-hybridized carbons (Fsp3) is 0.348. The highest BCUT2D eigenvalue weighted by Crippen LogP contribution is 2.24. The van der Waals surface area contributed by atoms with Crippen molar-refractivity contribution < 1.29 is 14.3 Å². The number of carbonyl (C=O) groups is 1. The zero-order valence-corrected chi connectivity index (χ0v) is 19.0. The van der Waals surface area contributed by atoms with Gasteiger partial charge in [-0.3, -0.25) is 0 Å². The molecule has 6 nitrogen and oxygen atoms in total. The van der Waals surface area contributed by atoms with Crippen molar-refractivity contribution in [1.82, 2.24) is 10.2 Å². The van der Waals surface area contributed by atoms with Crippen LogP contribution < -0.4 is 15.4 Å². The van der Waals surface area contributed by atoms with E-state index < -0.39 is 0 Å². The summed E-state index contributed by atoms with van der Waals surface area (Å²) in [6.07, 6.45) is 1.45. The molecule has 31 heavy (non-hydrogen) atoms. The molecular weight excluding hydrogens is 437 g/mol. The molecule has 3 rings (SSSR count). The first-order chi connectivity index (χ1) is 14.9. The second-order valence-corrected chi connectivity index (χ2v) is 8.24. The molecule has 0 aromatic heterocycles. The van der Waals surface area contributed by atoms with Crippen molar-refractivity contribution in [3.05, 3.63) is 70.5 Å². The monoisotopic (exact) mass is 463 g/mol. The van der Waals surface area contributed by atoms with Gasteiger partial charge in [-0.15, -0.1) is 0 Å². The van der Waals surface area contributed by atoms with Crippen LogP contribution in [0.25, 0.3) is 0 Å². The maximum Gasteiger partial charge on any atom is 0.410 e. The molecule has 0 saturated carbocycles. The SMILES string of the molecule is C=C(NC)Nc1ccc(OCC2CCN(C(=O)OCc3ccc(Cl)c(Cl)c3)CC2)cc1. The number of carbonyl (C=O) groups excluding carboxylic acids is 1. The lowest BCUT2D eigenvalue weighted by molar-refractivity contribution is 0.0761. The quantitative estimate of drug-likeness (QED) is 0.539. The molecule has 2 aromatic carbocycles. The number of rotatable bonds is 8. The summed E-state index contributed by atoms with van der Waals surface area (Å²) in [4.78, 5) is 14.1. The van der Waals surface area contributed by atoms with E-state index >= 15 is 0 Å². The standard InChI is InChI=1S/C23H27Cl2N3O3/c1-16(26-2)27-19-4-6-20(7-5-19)30-14-17-9-11-28(12-10-17)23(29)31-15-18-3-8-21(24)22(25)13-18/h3-8,13,17,26-27H,1,9-12,14-15H2,2H3. The zero-order valence-electron chi connectivity index (χ0n) is 17.5. The summed E-state index contributed by atoms with van der Waals surface area (Å²) < 4.78 is 11.3. The number of hydrogen-bond donors (Lipinski definition) is 2. The van der Waals surface area contributed by atoms with E-state index in [1.54, 1.807) is 23.1 Å². The third kappa shape index (κ3) is 6.97. The molecule has 0 atom stereocenters. The molecule has 0 spiro atoms. The van der Waals surface area contributed by atoms with Crippen molar-refractivity contribution in [2.45, 2.75) is 19.4 Å². The van der Waals surface area contributed by atoms with Gasteiger partial charge in [0.05, 0.1) is 22.5 Å². The molecule has 0 radical (unpaired) electrons. The largest absolute Gasteiger partial charge is 0.493 e. The number of halogens is 2. The maximum atomic E-state index is 12.3. The number of hydrogen-bond acceptors (Lipinski definition) is 5. The molecule has 1 aliphatic heterocycles. The van der Waals surface area contributed by atoms with E-state index in [0.29, 0.717) is 35.7 Å². The van der Waals surface area contributed by atoms with Gasteiger partial charge in [0.2, 0.25) is 0 Å². The number of amides is 1. The van der Waals surface area contributed by atoms with Crippen LogP contribution >= 0.6 is 23.2 Å². The number of benzene rings is 2. The first-order valence-corrected chi connectivity index (χ1v) is 10.9. The van der Waals surface area contributed by atoms with Gasteiger partial charge in [0.15, 0.2) is 0 Å². The van der Waals surface area contributed by atoms with Gasteiger partial charge >= 0.3 is 6.09 Å². The van der Waals surface area contributed by atoms with Crippen molar-refractivity contribution >= 4 is 35.0 Å². The summed E-state index contributed by atoms with van der Waals surface area (Å²) >= 11 is 11.9. The zero-order chi connectivity index (χ0) is 22.2. The summed E-state index contributed by atoms with van der Waals surface area (Å²) in [6, 6.07) is 13.0. The molecule has 2 N–H and O–H groups in total. The van der Waals surface area contributed by atoms with Crippen LogP contribution in [0.4, 0.5) is 10.5 Å². The average Bonchev–Trinajstić information content (AvgIpc) is 2.79. The highest BCUT2D eigenvalue weighted by atomic mass is 35.5. The lowest BCUT2D eigenvalue weighted by Crippen LogP contribution is -2.39. The Morgan fingerprint density at radius 2 is 1.84 bits per heavy atom. The summed E-state index contributed by atoms with van der Waals surface area (Å²) in [6.45, 7) is 5.95. The fourth-order valence-corrected chi connectivity index (χ4v) is 3.55. The Bertz CT molecular complexity index is 897. The molecule has 166 valence electrons. The Labute approximate surface area is 193 Å². The van der Waals surface area contributed by atoms with Gasteiger partial charge in [0.1, 0.15) is 12.4 Å². The van der Waals surface area contributed by atoms with Crippen molar-refractivity contribution in [3.63, 3.8) is 0 Å². The molecule has 0 aliphatic carbocycles. The minimum Gasteiger partial charge on any atom is -0.493 e. The number of nitrogens with zero attached hydrogens (tertiary/aromatic N) is 1. The molecule has 1 amide bonds. The summed E-state index contributed by atoms with van der Waals surface area (Å²) in [7, 11) is 1.81. The van der Waals surface area contributed by atoms with Gasteiger partial charge in [0.25, 0.3) is 0 Å². The molecule has 0 unspecified atom stereocenters. The molecular formula is C23H27Cl2N3O3. The second-order valence-electron chi connectivity index (χ2n) is 7.42.